The van der Waals surface area contributed by atoms with Gasteiger partial charge in [-0.05, 0) is 25.7 Å². The largest absolute Gasteiger partial charge is 0.391 e. The third-order valence-electron chi connectivity index (χ3n) is 3.64. The van der Waals surface area contributed by atoms with E-state index in [2.05, 4.69) is 23.4 Å². The molecule has 6 nitrogen and oxygen atoms in total. The summed E-state index contributed by atoms with van der Waals surface area (Å²) in [5, 5.41) is 26.7. The molecule has 2 rings (SSSR count). The summed E-state index contributed by atoms with van der Waals surface area (Å²) in [5.74, 6) is 0.889. The molecule has 0 amide bonds. The first-order valence-electron chi connectivity index (χ1n) is 6.89. The molecule has 1 aliphatic rings. The van der Waals surface area contributed by atoms with Crippen LogP contribution in [0.15, 0.2) is 0 Å². The molecule has 2 atom stereocenters. The van der Waals surface area contributed by atoms with Crippen LogP contribution in [-0.2, 0) is 0 Å². The topological polar surface area (TPSA) is 99.9 Å². The molecular weight excluding hydrogens is 242 g/mol. The zero-order valence-corrected chi connectivity index (χ0v) is 11.3. The summed E-state index contributed by atoms with van der Waals surface area (Å²) in [7, 11) is 0. The Bertz CT molecular complexity index is 476. The number of nitriles is 1. The second-order valence-electron chi connectivity index (χ2n) is 5.01. The van der Waals surface area contributed by atoms with E-state index in [1.54, 1.807) is 4.68 Å². The molecule has 1 fully saturated rings. The van der Waals surface area contributed by atoms with E-state index in [9.17, 15) is 10.4 Å². The summed E-state index contributed by atoms with van der Waals surface area (Å²) in [6.45, 7) is 2.88. The van der Waals surface area contributed by atoms with Gasteiger partial charge >= 0.3 is 0 Å². The summed E-state index contributed by atoms with van der Waals surface area (Å²) < 4.78 is 1.62. The molecule has 1 aromatic heterocycles. The molecule has 1 aromatic rings. The standard InChI is InChI=1S/C13H21N5O/c1-2-3-7-16-13-9(8-14)12(15)18(17-13)10-5-4-6-11(10)19/h10-11,19H,2-7,15H2,1H3,(H,16,17). The molecule has 1 saturated carbocycles. The number of unbranched alkanes of at least 4 members (excludes halogenated alkanes) is 1. The maximum Gasteiger partial charge on any atom is 0.168 e. The van der Waals surface area contributed by atoms with Crippen LogP contribution in [-0.4, -0.2) is 27.5 Å². The number of rotatable bonds is 5. The molecule has 4 N–H and O–H groups in total. The monoisotopic (exact) mass is 263 g/mol. The van der Waals surface area contributed by atoms with Gasteiger partial charge in [0.2, 0.25) is 0 Å². The van der Waals surface area contributed by atoms with Crippen LogP contribution in [0.1, 0.15) is 50.6 Å². The Hall–Kier alpha value is -1.74. The first-order valence-corrected chi connectivity index (χ1v) is 6.89. The molecule has 19 heavy (non-hydrogen) atoms. The van der Waals surface area contributed by atoms with Gasteiger partial charge in [-0.2, -0.15) is 10.4 Å². The van der Waals surface area contributed by atoms with Crippen molar-refractivity contribution in [3.63, 3.8) is 0 Å². The highest BCUT2D eigenvalue weighted by Crippen LogP contribution is 2.34. The second-order valence-corrected chi connectivity index (χ2v) is 5.01. The van der Waals surface area contributed by atoms with Gasteiger partial charge in [0.05, 0.1) is 12.1 Å². The lowest BCUT2D eigenvalue weighted by molar-refractivity contribution is 0.131. The Kier molecular flexibility index (Phi) is 4.27. The quantitative estimate of drug-likeness (QED) is 0.701. The van der Waals surface area contributed by atoms with Crippen LogP contribution in [0.25, 0.3) is 0 Å². The van der Waals surface area contributed by atoms with Crippen molar-refractivity contribution in [2.24, 2.45) is 0 Å². The van der Waals surface area contributed by atoms with E-state index in [0.29, 0.717) is 17.2 Å². The third kappa shape index (κ3) is 2.66. The van der Waals surface area contributed by atoms with E-state index in [0.717, 1.165) is 38.6 Å². The molecule has 1 heterocycles. The van der Waals surface area contributed by atoms with Crippen molar-refractivity contribution in [3.05, 3.63) is 5.56 Å². The van der Waals surface area contributed by atoms with Gasteiger partial charge in [-0.15, -0.1) is 0 Å². The fourth-order valence-corrected chi connectivity index (χ4v) is 2.52. The van der Waals surface area contributed by atoms with Crippen LogP contribution < -0.4 is 11.1 Å². The number of anilines is 2. The predicted octanol–water partition coefficient (Wildman–Crippen LogP) is 1.63. The number of hydrogen-bond acceptors (Lipinski definition) is 5. The van der Waals surface area contributed by atoms with E-state index < -0.39 is 6.10 Å². The van der Waals surface area contributed by atoms with Gasteiger partial charge in [0.15, 0.2) is 5.82 Å². The Morgan fingerprint density at radius 3 is 2.95 bits per heavy atom. The van der Waals surface area contributed by atoms with Crippen LogP contribution >= 0.6 is 0 Å². The number of nitrogens with one attached hydrogen (secondary N) is 1. The van der Waals surface area contributed by atoms with Crippen molar-refractivity contribution in [2.75, 3.05) is 17.6 Å². The Balaban J connectivity index is 2.23. The fraction of sp³-hybridized carbons (Fsp3) is 0.692. The van der Waals surface area contributed by atoms with Crippen LogP contribution in [0.4, 0.5) is 11.6 Å². The van der Waals surface area contributed by atoms with Crippen molar-refractivity contribution in [2.45, 2.75) is 51.2 Å². The molecular formula is C13H21N5O. The second kappa shape index (κ2) is 5.93. The average Bonchev–Trinajstić information content (AvgIpc) is 2.94. The maximum atomic E-state index is 9.93. The zero-order chi connectivity index (χ0) is 13.8. The maximum absolute atomic E-state index is 9.93. The van der Waals surface area contributed by atoms with E-state index in [1.165, 1.54) is 0 Å². The minimum absolute atomic E-state index is 0.103. The first kappa shape index (κ1) is 13.7. The number of aliphatic hydroxyl groups excluding tert-OH is 1. The summed E-state index contributed by atoms with van der Waals surface area (Å²) in [5.41, 5.74) is 6.37. The third-order valence-corrected chi connectivity index (χ3v) is 3.64. The van der Waals surface area contributed by atoms with Crippen molar-refractivity contribution in [1.29, 1.82) is 5.26 Å². The lowest BCUT2D eigenvalue weighted by atomic mass is 10.2. The van der Waals surface area contributed by atoms with E-state index >= 15 is 0 Å². The van der Waals surface area contributed by atoms with Gasteiger partial charge in [0, 0.05) is 6.54 Å². The Morgan fingerprint density at radius 1 is 1.58 bits per heavy atom. The Labute approximate surface area is 113 Å². The molecule has 0 aliphatic heterocycles. The average molecular weight is 263 g/mol. The minimum atomic E-state index is -0.419. The molecule has 0 aromatic carbocycles. The van der Waals surface area contributed by atoms with E-state index in [-0.39, 0.29) is 6.04 Å². The molecule has 0 radical (unpaired) electrons. The lowest BCUT2D eigenvalue weighted by Crippen LogP contribution is -2.21. The molecule has 6 heteroatoms. The van der Waals surface area contributed by atoms with Gasteiger partial charge in [0.25, 0.3) is 0 Å². The van der Waals surface area contributed by atoms with Crippen molar-refractivity contribution in [3.8, 4) is 6.07 Å². The molecule has 2 unspecified atom stereocenters. The van der Waals surface area contributed by atoms with Crippen LogP contribution in [0, 0.1) is 11.3 Å². The van der Waals surface area contributed by atoms with Crippen molar-refractivity contribution in [1.82, 2.24) is 9.78 Å². The number of nitrogen functional groups attached to an aromatic ring is 1. The van der Waals surface area contributed by atoms with Crippen LogP contribution in [0.5, 0.6) is 0 Å². The van der Waals surface area contributed by atoms with Gasteiger partial charge < -0.3 is 16.2 Å². The first-order chi connectivity index (χ1) is 9.19. The lowest BCUT2D eigenvalue weighted by Gasteiger charge is -2.16. The normalized spacial score (nSPS) is 22.4. The number of aliphatic hydroxyl groups is 1. The fourth-order valence-electron chi connectivity index (χ4n) is 2.52. The van der Waals surface area contributed by atoms with E-state index in [4.69, 9.17) is 5.73 Å². The van der Waals surface area contributed by atoms with Crippen LogP contribution in [0.2, 0.25) is 0 Å². The van der Waals surface area contributed by atoms with Crippen LogP contribution in [0.3, 0.4) is 0 Å². The molecule has 0 spiro atoms. The predicted molar refractivity (Wildman–Crippen MR) is 73.6 cm³/mol. The summed E-state index contributed by atoms with van der Waals surface area (Å²) in [6, 6.07) is 1.99. The SMILES string of the molecule is CCCCNc1nn(C2CCCC2O)c(N)c1C#N. The number of nitrogens with two attached hydrogens (primary N) is 1. The molecule has 0 saturated heterocycles. The zero-order valence-electron chi connectivity index (χ0n) is 11.3. The summed E-state index contributed by atoms with van der Waals surface area (Å²) >= 11 is 0. The summed E-state index contributed by atoms with van der Waals surface area (Å²) in [4.78, 5) is 0. The number of hydrogen-bond donors (Lipinski definition) is 3. The number of aromatic nitrogens is 2. The van der Waals surface area contributed by atoms with E-state index in [1.807, 2.05) is 0 Å². The Morgan fingerprint density at radius 2 is 2.37 bits per heavy atom. The van der Waals surface area contributed by atoms with Gasteiger partial charge in [-0.1, -0.05) is 13.3 Å². The molecule has 104 valence electrons. The van der Waals surface area contributed by atoms with Gasteiger partial charge in [0.1, 0.15) is 17.5 Å². The smallest absolute Gasteiger partial charge is 0.168 e. The highest BCUT2D eigenvalue weighted by molar-refractivity contribution is 5.64. The van der Waals surface area contributed by atoms with Gasteiger partial charge in [-0.3, -0.25) is 0 Å². The number of nitrogens with zero attached hydrogens (tertiary/aromatic N) is 3. The minimum Gasteiger partial charge on any atom is -0.391 e. The molecule has 1 aliphatic carbocycles. The van der Waals surface area contributed by atoms with Gasteiger partial charge in [-0.25, -0.2) is 4.68 Å². The van der Waals surface area contributed by atoms with Crippen molar-refractivity contribution >= 4 is 11.6 Å². The highest BCUT2D eigenvalue weighted by Gasteiger charge is 2.30. The summed E-state index contributed by atoms with van der Waals surface area (Å²) in [6.07, 6.45) is 4.26. The molecule has 0 bridgehead atoms. The highest BCUT2D eigenvalue weighted by atomic mass is 16.3. The van der Waals surface area contributed by atoms with Crippen molar-refractivity contribution < 1.29 is 5.11 Å².